The first-order valence-electron chi connectivity index (χ1n) is 12.1. The van der Waals surface area contributed by atoms with Crippen molar-refractivity contribution in [2.75, 3.05) is 22.9 Å². The van der Waals surface area contributed by atoms with E-state index in [1.54, 1.807) is 0 Å². The van der Waals surface area contributed by atoms with E-state index in [0.29, 0.717) is 0 Å². The van der Waals surface area contributed by atoms with Crippen molar-refractivity contribution in [3.8, 4) is 0 Å². The normalized spacial score (nSPS) is 21.8. The zero-order chi connectivity index (χ0) is 23.5. The molecule has 3 nitrogen and oxygen atoms in total. The van der Waals surface area contributed by atoms with E-state index in [2.05, 4.69) is 109 Å². The van der Waals surface area contributed by atoms with Crippen LogP contribution in [0.3, 0.4) is 0 Å². The van der Waals surface area contributed by atoms with Crippen LogP contribution in [0.2, 0.25) is 0 Å². The van der Waals surface area contributed by atoms with Gasteiger partial charge in [0.05, 0.1) is 0 Å². The molecule has 1 aliphatic carbocycles. The van der Waals surface area contributed by atoms with E-state index >= 15 is 0 Å². The Morgan fingerprint density at radius 1 is 0.647 bits per heavy atom. The lowest BCUT2D eigenvalue weighted by Crippen LogP contribution is -2.23. The number of carbonyl (C=O) groups excluding carboxylic acids is 1. The van der Waals surface area contributed by atoms with Crippen LogP contribution in [0, 0.1) is 0 Å². The van der Waals surface area contributed by atoms with Crippen molar-refractivity contribution in [1.82, 2.24) is 0 Å². The van der Waals surface area contributed by atoms with Crippen molar-refractivity contribution in [3.05, 3.63) is 119 Å². The standard InChI is InChI=1S/C31H30N2O/c1-3-32-27(19-15-23-9-5-7-11-29(23)32)21-17-25-13-14-26(31(25)34)18-22-28-20-16-24-10-6-8-12-30(24)33(28)4-2/h5-12,15-22H,3-4,13-14H2,1-2H3. The fourth-order valence-electron chi connectivity index (χ4n) is 4.95. The molecule has 2 aromatic rings. The maximum atomic E-state index is 13.1. The van der Waals surface area contributed by atoms with E-state index in [0.717, 1.165) is 48.5 Å². The number of fused-ring (bicyclic) bond motifs is 2. The van der Waals surface area contributed by atoms with Crippen molar-refractivity contribution in [2.45, 2.75) is 26.7 Å². The van der Waals surface area contributed by atoms with E-state index < -0.39 is 0 Å². The van der Waals surface area contributed by atoms with Crippen LogP contribution in [0.4, 0.5) is 11.4 Å². The molecule has 34 heavy (non-hydrogen) atoms. The molecule has 170 valence electrons. The van der Waals surface area contributed by atoms with E-state index in [1.165, 1.54) is 22.5 Å². The molecule has 2 aromatic carbocycles. The van der Waals surface area contributed by atoms with Gasteiger partial charge in [-0.05, 0) is 74.3 Å². The van der Waals surface area contributed by atoms with Crippen molar-refractivity contribution in [3.63, 3.8) is 0 Å². The first kappa shape index (κ1) is 22.0. The van der Waals surface area contributed by atoms with Gasteiger partial charge >= 0.3 is 0 Å². The fraction of sp³-hybridized carbons (Fsp3) is 0.194. The maximum Gasteiger partial charge on any atom is 0.185 e. The highest BCUT2D eigenvalue weighted by molar-refractivity contribution is 6.11. The summed E-state index contributed by atoms with van der Waals surface area (Å²) in [6, 6.07) is 16.8. The molecule has 1 fully saturated rings. The molecule has 0 aromatic heterocycles. The summed E-state index contributed by atoms with van der Waals surface area (Å²) in [4.78, 5) is 17.7. The van der Waals surface area contributed by atoms with Crippen LogP contribution in [0.1, 0.15) is 37.8 Å². The molecule has 0 bridgehead atoms. The molecule has 0 N–H and O–H groups in total. The molecule has 5 rings (SSSR count). The number of likely N-dealkylation sites (N-methyl/N-ethyl adjacent to an activating group) is 2. The molecule has 2 heterocycles. The second-order valence-electron chi connectivity index (χ2n) is 8.67. The maximum absolute atomic E-state index is 13.1. The van der Waals surface area contributed by atoms with Crippen LogP contribution < -0.4 is 9.80 Å². The SMILES string of the molecule is CCN1C(=CC=C2CCC(=CC=C3C=Cc4ccccc4N3CC)C2=O)C=Cc2ccccc21. The number of hydrogen-bond donors (Lipinski definition) is 0. The van der Waals surface area contributed by atoms with Crippen LogP contribution >= 0.6 is 0 Å². The number of para-hydroxylation sites is 2. The number of hydrogen-bond acceptors (Lipinski definition) is 3. The fourth-order valence-corrected chi connectivity index (χ4v) is 4.95. The lowest BCUT2D eigenvalue weighted by Gasteiger charge is -2.29. The van der Waals surface area contributed by atoms with Gasteiger partial charge in [-0.1, -0.05) is 60.7 Å². The lowest BCUT2D eigenvalue weighted by atomic mass is 10.0. The third kappa shape index (κ3) is 4.10. The molecule has 0 spiro atoms. The number of benzene rings is 2. The first-order chi connectivity index (χ1) is 16.7. The second kappa shape index (κ2) is 9.56. The highest BCUT2D eigenvalue weighted by atomic mass is 16.1. The van der Waals surface area contributed by atoms with Crippen LogP contribution in [-0.2, 0) is 4.79 Å². The van der Waals surface area contributed by atoms with E-state index in [-0.39, 0.29) is 5.78 Å². The molecule has 0 unspecified atom stereocenters. The summed E-state index contributed by atoms with van der Waals surface area (Å²) >= 11 is 0. The summed E-state index contributed by atoms with van der Waals surface area (Å²) in [6.07, 6.45) is 18.4. The van der Waals surface area contributed by atoms with Gasteiger partial charge in [-0.2, -0.15) is 0 Å². The highest BCUT2D eigenvalue weighted by Crippen LogP contribution is 2.33. The smallest absolute Gasteiger partial charge is 0.185 e. The van der Waals surface area contributed by atoms with Gasteiger partial charge in [0.15, 0.2) is 5.78 Å². The minimum atomic E-state index is 0.167. The quantitative estimate of drug-likeness (QED) is 0.469. The molecule has 1 saturated carbocycles. The van der Waals surface area contributed by atoms with Crippen molar-refractivity contribution < 1.29 is 4.79 Å². The number of anilines is 2. The monoisotopic (exact) mass is 446 g/mol. The minimum Gasteiger partial charge on any atom is -0.341 e. The lowest BCUT2D eigenvalue weighted by molar-refractivity contribution is -0.111. The van der Waals surface area contributed by atoms with Gasteiger partial charge < -0.3 is 9.80 Å². The van der Waals surface area contributed by atoms with Crippen LogP contribution in [0.25, 0.3) is 12.2 Å². The summed E-state index contributed by atoms with van der Waals surface area (Å²) in [5.74, 6) is 0.167. The summed E-state index contributed by atoms with van der Waals surface area (Å²) < 4.78 is 0. The van der Waals surface area contributed by atoms with Crippen LogP contribution in [0.15, 0.2) is 108 Å². The van der Waals surface area contributed by atoms with Gasteiger partial charge in [-0.25, -0.2) is 0 Å². The van der Waals surface area contributed by atoms with E-state index in [1.807, 2.05) is 12.2 Å². The number of Topliss-reactive ketones (excluding diaryl/α,β-unsaturated/α-hetero) is 1. The minimum absolute atomic E-state index is 0.167. The zero-order valence-electron chi connectivity index (χ0n) is 19.9. The van der Waals surface area contributed by atoms with Gasteiger partial charge in [0.1, 0.15) is 0 Å². The number of allylic oxidation sites excluding steroid dienone is 8. The molecular weight excluding hydrogens is 416 g/mol. The van der Waals surface area contributed by atoms with Gasteiger partial charge in [0, 0.05) is 47.0 Å². The van der Waals surface area contributed by atoms with Gasteiger partial charge in [-0.15, -0.1) is 0 Å². The molecule has 3 heteroatoms. The number of nitrogens with zero attached hydrogens (tertiary/aromatic N) is 2. The Labute approximate surface area is 202 Å². The molecule has 0 saturated heterocycles. The molecule has 0 amide bonds. The molecule has 2 aliphatic heterocycles. The van der Waals surface area contributed by atoms with Crippen molar-refractivity contribution in [1.29, 1.82) is 0 Å². The third-order valence-corrected chi connectivity index (χ3v) is 6.74. The third-order valence-electron chi connectivity index (χ3n) is 6.74. The van der Waals surface area contributed by atoms with Gasteiger partial charge in [-0.3, -0.25) is 4.79 Å². The average molecular weight is 447 g/mol. The summed E-state index contributed by atoms with van der Waals surface area (Å²) in [5.41, 5.74) is 8.88. The Hall–Kier alpha value is -3.85. The Bertz CT molecular complexity index is 1200. The molecule has 0 radical (unpaired) electrons. The number of rotatable bonds is 4. The Balaban J connectivity index is 1.36. The topological polar surface area (TPSA) is 23.6 Å². The van der Waals surface area contributed by atoms with E-state index in [9.17, 15) is 4.79 Å². The highest BCUT2D eigenvalue weighted by Gasteiger charge is 2.23. The predicted octanol–water partition coefficient (Wildman–Crippen LogP) is 7.08. The van der Waals surface area contributed by atoms with Crippen molar-refractivity contribution in [2.24, 2.45) is 0 Å². The van der Waals surface area contributed by atoms with Crippen LogP contribution in [0.5, 0.6) is 0 Å². The molecule has 0 atom stereocenters. The van der Waals surface area contributed by atoms with Gasteiger partial charge in [0.2, 0.25) is 0 Å². The second-order valence-corrected chi connectivity index (χ2v) is 8.67. The molecule has 3 aliphatic rings. The van der Waals surface area contributed by atoms with Crippen LogP contribution in [-0.4, -0.2) is 18.9 Å². The molecular formula is C31H30N2O. The average Bonchev–Trinajstić information content (AvgIpc) is 3.24. The van der Waals surface area contributed by atoms with E-state index in [4.69, 9.17) is 0 Å². The first-order valence-corrected chi connectivity index (χ1v) is 12.1. The van der Waals surface area contributed by atoms with Gasteiger partial charge in [0.25, 0.3) is 0 Å². The summed E-state index contributed by atoms with van der Waals surface area (Å²) in [6.45, 7) is 6.08. The summed E-state index contributed by atoms with van der Waals surface area (Å²) in [7, 11) is 0. The summed E-state index contributed by atoms with van der Waals surface area (Å²) in [5, 5.41) is 0. The Morgan fingerprint density at radius 3 is 1.53 bits per heavy atom. The Morgan fingerprint density at radius 2 is 1.09 bits per heavy atom. The zero-order valence-corrected chi connectivity index (χ0v) is 19.9. The predicted molar refractivity (Wildman–Crippen MR) is 144 cm³/mol. The number of carbonyl (C=O) groups is 1. The van der Waals surface area contributed by atoms with Crippen molar-refractivity contribution >= 4 is 29.3 Å². The Kier molecular flexibility index (Phi) is 6.18. The largest absolute Gasteiger partial charge is 0.341 e. The number of ketones is 1.